The zero-order chi connectivity index (χ0) is 17.9. The summed E-state index contributed by atoms with van der Waals surface area (Å²) in [7, 11) is 0. The average Bonchev–Trinajstić information content (AvgIpc) is 2.94. The minimum atomic E-state index is -0.346. The van der Waals surface area contributed by atoms with Crippen molar-refractivity contribution in [3.63, 3.8) is 0 Å². The van der Waals surface area contributed by atoms with E-state index < -0.39 is 0 Å². The second-order valence-corrected chi connectivity index (χ2v) is 6.79. The van der Waals surface area contributed by atoms with Crippen molar-refractivity contribution in [3.8, 4) is 0 Å². The lowest BCUT2D eigenvalue weighted by atomic mass is 10.1. The fraction of sp³-hybridized carbons (Fsp3) is 0.444. The van der Waals surface area contributed by atoms with E-state index in [-0.39, 0.29) is 30.2 Å². The van der Waals surface area contributed by atoms with Crippen LogP contribution in [0.2, 0.25) is 5.02 Å². The van der Waals surface area contributed by atoms with E-state index >= 15 is 0 Å². The van der Waals surface area contributed by atoms with Crippen LogP contribution in [0.25, 0.3) is 0 Å². The van der Waals surface area contributed by atoms with Crippen LogP contribution in [0.5, 0.6) is 0 Å². The van der Waals surface area contributed by atoms with Crippen LogP contribution in [0.3, 0.4) is 0 Å². The summed E-state index contributed by atoms with van der Waals surface area (Å²) in [5, 5.41) is 0.383. The molecule has 2 rings (SSSR count). The molecule has 0 saturated heterocycles. The Morgan fingerprint density at radius 3 is 2.62 bits per heavy atom. The number of rotatable bonds is 6. The number of benzene rings is 1. The molecular weight excluding hydrogens is 329 g/mol. The number of hydrogen-bond acceptors (Lipinski definition) is 2. The molecular formula is C18H23ClFN3O. The third kappa shape index (κ3) is 4.15. The van der Waals surface area contributed by atoms with Gasteiger partial charge in [0.15, 0.2) is 0 Å². The highest BCUT2D eigenvalue weighted by molar-refractivity contribution is 6.31. The van der Waals surface area contributed by atoms with Crippen LogP contribution in [0.4, 0.5) is 4.39 Å². The van der Waals surface area contributed by atoms with Crippen LogP contribution in [0.15, 0.2) is 30.6 Å². The number of hydrogen-bond donors (Lipinski definition) is 0. The summed E-state index contributed by atoms with van der Waals surface area (Å²) in [6.45, 7) is 8.37. The van der Waals surface area contributed by atoms with Gasteiger partial charge in [-0.2, -0.15) is 0 Å². The Morgan fingerprint density at radius 2 is 2.04 bits per heavy atom. The maximum Gasteiger partial charge on any atom is 0.225 e. The Labute approximate surface area is 147 Å². The van der Waals surface area contributed by atoms with E-state index in [1.54, 1.807) is 29.4 Å². The fourth-order valence-corrected chi connectivity index (χ4v) is 2.71. The lowest BCUT2D eigenvalue weighted by Crippen LogP contribution is -2.39. The summed E-state index contributed by atoms with van der Waals surface area (Å²) in [6, 6.07) is 4.69. The van der Waals surface area contributed by atoms with Crippen molar-refractivity contribution in [1.82, 2.24) is 14.5 Å². The van der Waals surface area contributed by atoms with E-state index in [2.05, 4.69) is 4.98 Å². The van der Waals surface area contributed by atoms with Gasteiger partial charge in [-0.05, 0) is 26.0 Å². The summed E-state index contributed by atoms with van der Waals surface area (Å²) in [5.74, 6) is 0.346. The van der Waals surface area contributed by atoms with Crippen LogP contribution >= 0.6 is 11.6 Å². The monoisotopic (exact) mass is 351 g/mol. The minimum Gasteiger partial charge on any atom is -0.333 e. The lowest BCUT2D eigenvalue weighted by molar-refractivity contribution is -0.137. The standard InChI is InChI=1S/C18H23ClFN3O/c1-12(2)18(24)23(13(3)4)11-17-21-8-9-22(17)10-14-15(19)6-5-7-16(14)20/h5-9,12-13H,10-11H2,1-4H3. The molecule has 6 heteroatoms. The topological polar surface area (TPSA) is 38.1 Å². The zero-order valence-corrected chi connectivity index (χ0v) is 15.2. The van der Waals surface area contributed by atoms with Gasteiger partial charge in [0.25, 0.3) is 0 Å². The van der Waals surface area contributed by atoms with Crippen LogP contribution in [0, 0.1) is 11.7 Å². The van der Waals surface area contributed by atoms with E-state index in [1.165, 1.54) is 6.07 Å². The van der Waals surface area contributed by atoms with Crippen molar-refractivity contribution in [2.45, 2.75) is 46.8 Å². The third-order valence-electron chi connectivity index (χ3n) is 3.90. The highest BCUT2D eigenvalue weighted by atomic mass is 35.5. The number of halogens is 2. The molecule has 1 amide bonds. The number of imidazole rings is 1. The largest absolute Gasteiger partial charge is 0.333 e. The Balaban J connectivity index is 2.25. The van der Waals surface area contributed by atoms with E-state index in [4.69, 9.17) is 11.6 Å². The van der Waals surface area contributed by atoms with Gasteiger partial charge in [0.1, 0.15) is 11.6 Å². The number of aromatic nitrogens is 2. The third-order valence-corrected chi connectivity index (χ3v) is 4.26. The summed E-state index contributed by atoms with van der Waals surface area (Å²) in [5.41, 5.74) is 0.421. The van der Waals surface area contributed by atoms with Crippen LogP contribution in [-0.2, 0) is 17.9 Å². The van der Waals surface area contributed by atoms with Gasteiger partial charge in [-0.25, -0.2) is 9.37 Å². The van der Waals surface area contributed by atoms with E-state index in [1.807, 2.05) is 32.3 Å². The fourth-order valence-electron chi connectivity index (χ4n) is 2.49. The maximum absolute atomic E-state index is 14.0. The highest BCUT2D eigenvalue weighted by Gasteiger charge is 2.22. The summed E-state index contributed by atoms with van der Waals surface area (Å²) < 4.78 is 15.8. The molecule has 0 saturated carbocycles. The predicted octanol–water partition coefficient (Wildman–Crippen LogP) is 4.12. The normalized spacial score (nSPS) is 11.3. The summed E-state index contributed by atoms with van der Waals surface area (Å²) >= 11 is 6.11. The van der Waals surface area contributed by atoms with Crippen molar-refractivity contribution in [2.75, 3.05) is 0 Å². The first-order valence-electron chi connectivity index (χ1n) is 8.04. The number of amides is 1. The molecule has 24 heavy (non-hydrogen) atoms. The van der Waals surface area contributed by atoms with Crippen molar-refractivity contribution >= 4 is 17.5 Å². The highest BCUT2D eigenvalue weighted by Crippen LogP contribution is 2.21. The zero-order valence-electron chi connectivity index (χ0n) is 14.5. The molecule has 0 aliphatic carbocycles. The van der Waals surface area contributed by atoms with Crippen molar-refractivity contribution in [2.24, 2.45) is 5.92 Å². The van der Waals surface area contributed by atoms with E-state index in [9.17, 15) is 9.18 Å². The molecule has 1 aromatic carbocycles. The molecule has 0 fully saturated rings. The maximum atomic E-state index is 14.0. The first kappa shape index (κ1) is 18.5. The molecule has 0 spiro atoms. The molecule has 0 unspecified atom stereocenters. The Kier molecular flexibility index (Phi) is 5.99. The molecule has 1 heterocycles. The summed E-state index contributed by atoms with van der Waals surface area (Å²) in [4.78, 5) is 18.5. The van der Waals surface area contributed by atoms with Crippen molar-refractivity contribution in [1.29, 1.82) is 0 Å². The molecule has 0 radical (unpaired) electrons. The number of nitrogens with zero attached hydrogens (tertiary/aromatic N) is 3. The molecule has 2 aromatic rings. The minimum absolute atomic E-state index is 0.0575. The van der Waals surface area contributed by atoms with E-state index in [0.29, 0.717) is 23.0 Å². The van der Waals surface area contributed by atoms with Gasteiger partial charge in [0.05, 0.1) is 13.1 Å². The van der Waals surface area contributed by atoms with Crippen LogP contribution in [-0.4, -0.2) is 26.4 Å². The molecule has 130 valence electrons. The van der Waals surface area contributed by atoms with Crippen LogP contribution in [0.1, 0.15) is 39.1 Å². The number of carbonyl (C=O) groups excluding carboxylic acids is 1. The lowest BCUT2D eigenvalue weighted by Gasteiger charge is -2.28. The van der Waals surface area contributed by atoms with Gasteiger partial charge in [0, 0.05) is 34.9 Å². The SMILES string of the molecule is CC(C)C(=O)N(Cc1nccn1Cc1c(F)cccc1Cl)C(C)C. The molecule has 4 nitrogen and oxygen atoms in total. The quantitative estimate of drug-likeness (QED) is 0.785. The second kappa shape index (κ2) is 7.79. The number of carbonyl (C=O) groups is 1. The molecule has 1 aromatic heterocycles. The first-order chi connectivity index (χ1) is 11.3. The Morgan fingerprint density at radius 1 is 1.33 bits per heavy atom. The van der Waals surface area contributed by atoms with Gasteiger partial charge >= 0.3 is 0 Å². The molecule has 0 atom stereocenters. The smallest absolute Gasteiger partial charge is 0.225 e. The van der Waals surface area contributed by atoms with Gasteiger partial charge in [-0.3, -0.25) is 4.79 Å². The summed E-state index contributed by atoms with van der Waals surface area (Å²) in [6.07, 6.45) is 3.43. The van der Waals surface area contributed by atoms with Crippen molar-refractivity contribution in [3.05, 3.63) is 52.8 Å². The first-order valence-corrected chi connectivity index (χ1v) is 8.42. The predicted molar refractivity (Wildman–Crippen MR) is 93.3 cm³/mol. The van der Waals surface area contributed by atoms with Gasteiger partial charge in [0.2, 0.25) is 5.91 Å². The van der Waals surface area contributed by atoms with Crippen LogP contribution < -0.4 is 0 Å². The van der Waals surface area contributed by atoms with Crippen molar-refractivity contribution < 1.29 is 9.18 Å². The Bertz CT molecular complexity index is 692. The Hall–Kier alpha value is -1.88. The molecule has 0 aliphatic heterocycles. The van der Waals surface area contributed by atoms with Gasteiger partial charge < -0.3 is 9.47 Å². The van der Waals surface area contributed by atoms with E-state index in [0.717, 1.165) is 0 Å². The molecule has 0 aliphatic rings. The molecule has 0 N–H and O–H groups in total. The van der Waals surface area contributed by atoms with Gasteiger partial charge in [-0.1, -0.05) is 31.5 Å². The molecule has 0 bridgehead atoms. The van der Waals surface area contributed by atoms with Gasteiger partial charge in [-0.15, -0.1) is 0 Å². The average molecular weight is 352 g/mol. The second-order valence-electron chi connectivity index (χ2n) is 6.39.